The van der Waals surface area contributed by atoms with Gasteiger partial charge < -0.3 is 5.32 Å². The number of rotatable bonds is 6. The van der Waals surface area contributed by atoms with Crippen LogP contribution in [0.25, 0.3) is 0 Å². The second-order valence-corrected chi connectivity index (χ2v) is 7.76. The first-order valence-corrected chi connectivity index (χ1v) is 9.47. The molecule has 0 radical (unpaired) electrons. The van der Waals surface area contributed by atoms with Gasteiger partial charge in [0.1, 0.15) is 0 Å². The fraction of sp³-hybridized carbons (Fsp3) is 0.235. The zero-order valence-corrected chi connectivity index (χ0v) is 15.5. The molecular weight excluding hydrogens is 362 g/mol. The van der Waals surface area contributed by atoms with Crippen molar-refractivity contribution in [1.82, 2.24) is 4.90 Å². The lowest BCUT2D eigenvalue weighted by Crippen LogP contribution is -2.32. The van der Waals surface area contributed by atoms with Crippen LogP contribution in [0.1, 0.15) is 18.5 Å². The monoisotopic (exact) mass is 381 g/mol. The summed E-state index contributed by atoms with van der Waals surface area (Å²) in [6, 6.07) is 13.1. The lowest BCUT2D eigenvalue weighted by atomic mass is 10.1. The van der Waals surface area contributed by atoms with Crippen molar-refractivity contribution in [3.8, 4) is 0 Å². The molecule has 2 aromatic rings. The van der Waals surface area contributed by atoms with Crippen molar-refractivity contribution in [2.45, 2.75) is 17.9 Å². The third kappa shape index (κ3) is 5.54. The van der Waals surface area contributed by atoms with Crippen LogP contribution < -0.4 is 10.5 Å². The first-order valence-electron chi connectivity index (χ1n) is 7.55. The summed E-state index contributed by atoms with van der Waals surface area (Å²) in [5.41, 5.74) is 1.52. The molecule has 2 rings (SSSR count). The van der Waals surface area contributed by atoms with Crippen LogP contribution >= 0.6 is 11.6 Å². The zero-order chi connectivity index (χ0) is 18.6. The van der Waals surface area contributed by atoms with E-state index in [9.17, 15) is 13.2 Å². The van der Waals surface area contributed by atoms with Crippen LogP contribution in [0, 0.1) is 0 Å². The molecule has 0 aliphatic rings. The van der Waals surface area contributed by atoms with Crippen molar-refractivity contribution in [2.75, 3.05) is 18.9 Å². The number of carbonyl (C=O) groups excluding carboxylic acids is 1. The molecule has 8 heteroatoms. The molecule has 0 heterocycles. The van der Waals surface area contributed by atoms with Gasteiger partial charge in [0.15, 0.2) is 0 Å². The van der Waals surface area contributed by atoms with Gasteiger partial charge in [-0.25, -0.2) is 13.6 Å². The molecule has 0 saturated heterocycles. The maximum absolute atomic E-state index is 12.2. The number of nitrogens with two attached hydrogens (primary N) is 1. The van der Waals surface area contributed by atoms with Gasteiger partial charge in [-0.3, -0.25) is 9.69 Å². The summed E-state index contributed by atoms with van der Waals surface area (Å²) in [7, 11) is -1.90. The highest BCUT2D eigenvalue weighted by atomic mass is 35.5. The summed E-state index contributed by atoms with van der Waals surface area (Å²) in [5.74, 6) is -0.169. The molecule has 0 saturated carbocycles. The van der Waals surface area contributed by atoms with Gasteiger partial charge in [0.2, 0.25) is 15.9 Å². The van der Waals surface area contributed by atoms with Crippen LogP contribution in [0.2, 0.25) is 5.02 Å². The summed E-state index contributed by atoms with van der Waals surface area (Å²) in [4.78, 5) is 14.1. The van der Waals surface area contributed by atoms with Crippen LogP contribution in [0.4, 0.5) is 5.69 Å². The predicted molar refractivity (Wildman–Crippen MR) is 98.9 cm³/mol. The van der Waals surface area contributed by atoms with E-state index >= 15 is 0 Å². The molecule has 0 fully saturated rings. The first-order chi connectivity index (χ1) is 11.7. The molecule has 0 bridgehead atoms. The quantitative estimate of drug-likeness (QED) is 0.804. The maximum atomic E-state index is 12.2. The van der Waals surface area contributed by atoms with Gasteiger partial charge in [-0.05, 0) is 49.9 Å². The minimum Gasteiger partial charge on any atom is -0.325 e. The fourth-order valence-electron chi connectivity index (χ4n) is 2.32. The Balaban J connectivity index is 1.99. The minimum absolute atomic E-state index is 0.0600. The molecule has 2 aromatic carbocycles. The average molecular weight is 382 g/mol. The number of likely N-dealkylation sites (N-methyl/N-ethyl adjacent to an activating group) is 1. The Kier molecular flexibility index (Phi) is 6.18. The molecular formula is C17H20ClN3O3S. The molecule has 134 valence electrons. The molecule has 0 aromatic heterocycles. The molecule has 0 spiro atoms. The largest absolute Gasteiger partial charge is 0.325 e. The van der Waals surface area contributed by atoms with Crippen molar-refractivity contribution in [1.29, 1.82) is 0 Å². The van der Waals surface area contributed by atoms with E-state index in [4.69, 9.17) is 16.7 Å². The van der Waals surface area contributed by atoms with Crippen molar-refractivity contribution in [3.05, 3.63) is 59.1 Å². The Hall–Kier alpha value is -1.93. The number of carbonyl (C=O) groups is 1. The smallest absolute Gasteiger partial charge is 0.238 e. The highest BCUT2D eigenvalue weighted by Crippen LogP contribution is 2.20. The van der Waals surface area contributed by atoms with Crippen molar-refractivity contribution < 1.29 is 13.2 Å². The lowest BCUT2D eigenvalue weighted by molar-refractivity contribution is -0.117. The Bertz CT molecular complexity index is 854. The normalized spacial score (nSPS) is 12.8. The number of nitrogens with zero attached hydrogens (tertiary/aromatic N) is 1. The third-order valence-electron chi connectivity index (χ3n) is 3.85. The Labute approximate surface area is 152 Å². The Morgan fingerprint density at radius 1 is 1.24 bits per heavy atom. The van der Waals surface area contributed by atoms with Crippen molar-refractivity contribution >= 4 is 33.2 Å². The number of hydrogen-bond acceptors (Lipinski definition) is 4. The number of amides is 1. The molecule has 25 heavy (non-hydrogen) atoms. The number of primary sulfonamides is 1. The van der Waals surface area contributed by atoms with Gasteiger partial charge in [0.05, 0.1) is 11.4 Å². The van der Waals surface area contributed by atoms with Gasteiger partial charge in [0, 0.05) is 16.8 Å². The first kappa shape index (κ1) is 19.4. The van der Waals surface area contributed by atoms with E-state index in [2.05, 4.69) is 5.32 Å². The summed E-state index contributed by atoms with van der Waals surface area (Å²) in [5, 5.41) is 8.43. The third-order valence-corrected chi connectivity index (χ3v) is 5.02. The van der Waals surface area contributed by atoms with Gasteiger partial charge in [-0.2, -0.15) is 0 Å². The minimum atomic E-state index is -3.71. The highest BCUT2D eigenvalue weighted by Gasteiger charge is 2.16. The molecule has 3 N–H and O–H groups in total. The van der Waals surface area contributed by atoms with Gasteiger partial charge >= 0.3 is 0 Å². The average Bonchev–Trinajstić information content (AvgIpc) is 2.53. The molecule has 0 aliphatic heterocycles. The van der Waals surface area contributed by atoms with E-state index in [0.29, 0.717) is 10.7 Å². The van der Waals surface area contributed by atoms with Crippen LogP contribution in [-0.4, -0.2) is 32.8 Å². The molecule has 6 nitrogen and oxygen atoms in total. The van der Waals surface area contributed by atoms with E-state index in [1.165, 1.54) is 12.1 Å². The highest BCUT2D eigenvalue weighted by molar-refractivity contribution is 7.89. The predicted octanol–water partition coefficient (Wildman–Crippen LogP) is 2.62. The number of hydrogen-bond donors (Lipinski definition) is 2. The van der Waals surface area contributed by atoms with Crippen LogP contribution in [0.15, 0.2) is 53.4 Å². The number of halogens is 1. The molecule has 0 aliphatic carbocycles. The summed E-state index contributed by atoms with van der Waals surface area (Å²) < 4.78 is 22.6. The van der Waals surface area contributed by atoms with Crippen LogP contribution in [-0.2, 0) is 14.8 Å². The topological polar surface area (TPSA) is 92.5 Å². The van der Waals surface area contributed by atoms with Crippen LogP contribution in [0.3, 0.4) is 0 Å². The number of nitrogens with one attached hydrogen (secondary N) is 1. The van der Waals surface area contributed by atoms with Crippen molar-refractivity contribution in [3.63, 3.8) is 0 Å². The number of benzene rings is 2. The van der Waals surface area contributed by atoms with Gasteiger partial charge in [-0.1, -0.05) is 29.8 Å². The zero-order valence-electron chi connectivity index (χ0n) is 13.9. The lowest BCUT2D eigenvalue weighted by Gasteiger charge is -2.24. The van der Waals surface area contributed by atoms with Gasteiger partial charge in [0.25, 0.3) is 0 Å². The fourth-order valence-corrected chi connectivity index (χ4v) is 3.03. The van der Waals surface area contributed by atoms with E-state index in [-0.39, 0.29) is 23.4 Å². The summed E-state index contributed by atoms with van der Waals surface area (Å²) >= 11 is 5.90. The maximum Gasteiger partial charge on any atom is 0.238 e. The van der Waals surface area contributed by atoms with E-state index in [1.54, 1.807) is 36.4 Å². The van der Waals surface area contributed by atoms with Crippen LogP contribution in [0.5, 0.6) is 0 Å². The van der Waals surface area contributed by atoms with Gasteiger partial charge in [-0.15, -0.1) is 0 Å². The standard InChI is InChI=1S/C17H20ClN3O3S/c1-12(13-6-8-16(9-7-13)25(19,23)24)21(2)11-17(22)20-15-5-3-4-14(18)10-15/h3-10,12H,11H2,1-2H3,(H,20,22)(H2,19,23,24). The Morgan fingerprint density at radius 3 is 2.44 bits per heavy atom. The van der Waals surface area contributed by atoms with E-state index < -0.39 is 10.0 Å². The summed E-state index contributed by atoms with van der Waals surface area (Å²) in [6.45, 7) is 2.10. The van der Waals surface area contributed by atoms with Crippen molar-refractivity contribution in [2.24, 2.45) is 5.14 Å². The second kappa shape index (κ2) is 7.97. The SMILES string of the molecule is CC(c1ccc(S(N)(=O)=O)cc1)N(C)CC(=O)Nc1cccc(Cl)c1. The molecule has 1 amide bonds. The summed E-state index contributed by atoms with van der Waals surface area (Å²) in [6.07, 6.45) is 0. The molecule has 1 unspecified atom stereocenters. The van der Waals surface area contributed by atoms with E-state index in [1.807, 2.05) is 18.9 Å². The van der Waals surface area contributed by atoms with E-state index in [0.717, 1.165) is 5.56 Å². The number of sulfonamides is 1. The Morgan fingerprint density at radius 2 is 1.88 bits per heavy atom. The number of anilines is 1. The second-order valence-electron chi connectivity index (χ2n) is 5.76. The molecule has 1 atom stereocenters.